The number of rotatable bonds is 9. The van der Waals surface area contributed by atoms with E-state index >= 15 is 0 Å². The van der Waals surface area contributed by atoms with Crippen LogP contribution in [0.2, 0.25) is 0 Å². The summed E-state index contributed by atoms with van der Waals surface area (Å²) in [6.07, 6.45) is 3.44. The molecule has 7 nitrogen and oxygen atoms in total. The van der Waals surface area contributed by atoms with Gasteiger partial charge < -0.3 is 19.9 Å². The number of amides is 1. The highest BCUT2D eigenvalue weighted by atomic mass is 35.5. The number of carbonyl (C=O) groups is 1. The molecule has 0 aliphatic carbocycles. The van der Waals surface area contributed by atoms with E-state index in [4.69, 9.17) is 9.26 Å². The Hall–Kier alpha value is -1.15. The number of hydrogen-bond acceptors (Lipinski definition) is 6. The average Bonchev–Trinajstić information content (AvgIpc) is 3.36. The minimum Gasteiger partial charge on any atom is -0.381 e. The molecule has 1 aromatic heterocycles. The summed E-state index contributed by atoms with van der Waals surface area (Å²) in [4.78, 5) is 15.7. The molecule has 1 amide bonds. The molecule has 0 bridgehead atoms. The van der Waals surface area contributed by atoms with Crippen LogP contribution in [0.5, 0.6) is 0 Å². The number of piperidine rings is 1. The average molecular weight is 443 g/mol. The van der Waals surface area contributed by atoms with Crippen molar-refractivity contribution in [2.45, 2.75) is 71.4 Å². The third-order valence-corrected chi connectivity index (χ3v) is 6.37. The quantitative estimate of drug-likeness (QED) is 0.612. The maximum absolute atomic E-state index is 13.3. The monoisotopic (exact) mass is 442 g/mol. The number of halogens is 1. The van der Waals surface area contributed by atoms with E-state index in [0.717, 1.165) is 50.4 Å². The maximum atomic E-state index is 13.3. The van der Waals surface area contributed by atoms with Crippen molar-refractivity contribution in [2.24, 2.45) is 5.41 Å². The third kappa shape index (κ3) is 6.19. The van der Waals surface area contributed by atoms with Crippen LogP contribution in [0.25, 0.3) is 0 Å². The SMILES string of the molecule is CC(C)N(CCNC(=O)C1(Cc2cc(C3CCOC3)no2)CCCNC1)C(C)C.Cl. The second kappa shape index (κ2) is 11.5. The van der Waals surface area contributed by atoms with Gasteiger partial charge in [-0.05, 0) is 53.5 Å². The molecule has 30 heavy (non-hydrogen) atoms. The Labute approximate surface area is 187 Å². The van der Waals surface area contributed by atoms with Crippen LogP contribution in [0.15, 0.2) is 10.6 Å². The summed E-state index contributed by atoms with van der Waals surface area (Å²) in [5, 5.41) is 10.9. The lowest BCUT2D eigenvalue weighted by Gasteiger charge is -2.36. The van der Waals surface area contributed by atoms with E-state index in [9.17, 15) is 4.79 Å². The molecule has 8 heteroatoms. The Bertz CT molecular complexity index is 645. The summed E-state index contributed by atoms with van der Waals surface area (Å²) >= 11 is 0. The van der Waals surface area contributed by atoms with Crippen molar-refractivity contribution < 1.29 is 14.1 Å². The first-order valence-corrected chi connectivity index (χ1v) is 11.2. The number of ether oxygens (including phenoxy) is 1. The first-order valence-electron chi connectivity index (χ1n) is 11.2. The first kappa shape index (κ1) is 25.1. The van der Waals surface area contributed by atoms with Crippen molar-refractivity contribution in [3.05, 3.63) is 17.5 Å². The van der Waals surface area contributed by atoms with Gasteiger partial charge in [-0.25, -0.2) is 0 Å². The van der Waals surface area contributed by atoms with Gasteiger partial charge >= 0.3 is 0 Å². The van der Waals surface area contributed by atoms with Crippen LogP contribution in [-0.4, -0.2) is 67.4 Å². The van der Waals surface area contributed by atoms with Gasteiger partial charge in [-0.3, -0.25) is 9.69 Å². The summed E-state index contributed by atoms with van der Waals surface area (Å²) in [7, 11) is 0. The second-order valence-electron chi connectivity index (χ2n) is 9.20. The van der Waals surface area contributed by atoms with Gasteiger partial charge in [0.1, 0.15) is 5.76 Å². The third-order valence-electron chi connectivity index (χ3n) is 6.37. The van der Waals surface area contributed by atoms with Crippen molar-refractivity contribution in [3.8, 4) is 0 Å². The molecule has 2 N–H and O–H groups in total. The van der Waals surface area contributed by atoms with E-state index in [2.05, 4.69) is 48.4 Å². The van der Waals surface area contributed by atoms with Crippen LogP contribution in [0.3, 0.4) is 0 Å². The fraction of sp³-hybridized carbons (Fsp3) is 0.818. The van der Waals surface area contributed by atoms with Gasteiger partial charge in [0.2, 0.25) is 5.91 Å². The van der Waals surface area contributed by atoms with Crippen LogP contribution in [0.4, 0.5) is 0 Å². The molecule has 0 aromatic carbocycles. The Morgan fingerprint density at radius 3 is 2.73 bits per heavy atom. The van der Waals surface area contributed by atoms with Crippen molar-refractivity contribution in [1.29, 1.82) is 0 Å². The standard InChI is InChI=1S/C22H38N4O3.ClH/c1-16(2)26(17(3)4)10-9-24-21(27)22(7-5-8-23-15-22)13-19-12-20(25-29-19)18-6-11-28-14-18;/h12,16-18,23H,5-11,13-15H2,1-4H3,(H,24,27);1H. The second-order valence-corrected chi connectivity index (χ2v) is 9.20. The van der Waals surface area contributed by atoms with Gasteiger partial charge in [-0.15, -0.1) is 12.4 Å². The molecule has 0 spiro atoms. The molecule has 2 aliphatic rings. The van der Waals surface area contributed by atoms with E-state index in [-0.39, 0.29) is 18.3 Å². The molecule has 0 saturated carbocycles. The number of hydrogen-bond donors (Lipinski definition) is 2. The minimum absolute atomic E-state index is 0. The predicted molar refractivity (Wildman–Crippen MR) is 120 cm³/mol. The van der Waals surface area contributed by atoms with Crippen LogP contribution in [-0.2, 0) is 16.0 Å². The number of nitrogens with one attached hydrogen (secondary N) is 2. The molecule has 0 radical (unpaired) electrons. The summed E-state index contributed by atoms with van der Waals surface area (Å²) in [5.74, 6) is 1.25. The zero-order valence-corrected chi connectivity index (χ0v) is 19.7. The smallest absolute Gasteiger partial charge is 0.228 e. The maximum Gasteiger partial charge on any atom is 0.228 e. The number of nitrogens with zero attached hydrogens (tertiary/aromatic N) is 2. The zero-order valence-electron chi connectivity index (χ0n) is 18.9. The molecular formula is C22H39ClN4O3. The molecule has 1 aromatic rings. The highest BCUT2D eigenvalue weighted by molar-refractivity contribution is 5.85. The van der Waals surface area contributed by atoms with Gasteiger partial charge in [0.05, 0.1) is 17.7 Å². The summed E-state index contributed by atoms with van der Waals surface area (Å²) in [6.45, 7) is 13.5. The van der Waals surface area contributed by atoms with Crippen molar-refractivity contribution in [3.63, 3.8) is 0 Å². The normalized spacial score (nSPS) is 24.4. The van der Waals surface area contributed by atoms with Crippen molar-refractivity contribution in [1.82, 2.24) is 20.7 Å². The number of carbonyl (C=O) groups excluding carboxylic acids is 1. The Morgan fingerprint density at radius 2 is 2.13 bits per heavy atom. The Balaban J connectivity index is 0.00000320. The fourth-order valence-corrected chi connectivity index (χ4v) is 4.70. The van der Waals surface area contributed by atoms with Gasteiger partial charge in [-0.1, -0.05) is 5.16 Å². The van der Waals surface area contributed by atoms with E-state index in [1.807, 2.05) is 6.07 Å². The van der Waals surface area contributed by atoms with E-state index in [1.165, 1.54) is 0 Å². The van der Waals surface area contributed by atoms with Crippen molar-refractivity contribution >= 4 is 18.3 Å². The Kier molecular flexibility index (Phi) is 9.60. The molecule has 2 unspecified atom stereocenters. The summed E-state index contributed by atoms with van der Waals surface area (Å²) in [6, 6.07) is 2.95. The van der Waals surface area contributed by atoms with E-state index in [1.54, 1.807) is 0 Å². The van der Waals surface area contributed by atoms with E-state index < -0.39 is 5.41 Å². The highest BCUT2D eigenvalue weighted by Crippen LogP contribution is 2.33. The molecule has 2 atom stereocenters. The van der Waals surface area contributed by atoms with Gasteiger partial charge in [0.15, 0.2) is 0 Å². The molecule has 3 heterocycles. The lowest BCUT2D eigenvalue weighted by molar-refractivity contribution is -0.132. The van der Waals surface area contributed by atoms with E-state index in [0.29, 0.717) is 44.1 Å². The lowest BCUT2D eigenvalue weighted by Crippen LogP contribution is -2.53. The molecule has 2 aliphatic heterocycles. The van der Waals surface area contributed by atoms with Gasteiger partial charge in [-0.2, -0.15) is 0 Å². The highest BCUT2D eigenvalue weighted by Gasteiger charge is 2.41. The van der Waals surface area contributed by atoms with Gasteiger partial charge in [0.25, 0.3) is 0 Å². The van der Waals surface area contributed by atoms with Crippen molar-refractivity contribution in [2.75, 3.05) is 39.4 Å². The van der Waals surface area contributed by atoms with Crippen LogP contribution in [0, 0.1) is 5.41 Å². The molecule has 2 fully saturated rings. The minimum atomic E-state index is -0.471. The van der Waals surface area contributed by atoms with Gasteiger partial charge in [0, 0.05) is 56.7 Å². The largest absolute Gasteiger partial charge is 0.381 e. The van der Waals surface area contributed by atoms with Crippen LogP contribution < -0.4 is 10.6 Å². The molecular weight excluding hydrogens is 404 g/mol. The number of aromatic nitrogens is 1. The molecule has 172 valence electrons. The zero-order chi connectivity index (χ0) is 20.9. The summed E-state index contributed by atoms with van der Waals surface area (Å²) in [5.41, 5.74) is 0.489. The summed E-state index contributed by atoms with van der Waals surface area (Å²) < 4.78 is 11.1. The predicted octanol–water partition coefficient (Wildman–Crippen LogP) is 2.75. The Morgan fingerprint density at radius 1 is 1.37 bits per heavy atom. The molecule has 2 saturated heterocycles. The van der Waals surface area contributed by atoms with Crippen LogP contribution in [0.1, 0.15) is 64.3 Å². The first-order chi connectivity index (χ1) is 13.9. The lowest BCUT2D eigenvalue weighted by atomic mass is 9.76. The van der Waals surface area contributed by atoms with Crippen LogP contribution >= 0.6 is 12.4 Å². The fourth-order valence-electron chi connectivity index (χ4n) is 4.70. The molecule has 3 rings (SSSR count). The topological polar surface area (TPSA) is 79.6 Å².